The van der Waals surface area contributed by atoms with Crippen LogP contribution in [0.25, 0.3) is 0 Å². The van der Waals surface area contributed by atoms with Gasteiger partial charge < -0.3 is 14.6 Å². The van der Waals surface area contributed by atoms with E-state index in [9.17, 15) is 9.59 Å². The first kappa shape index (κ1) is 14.8. The molecule has 0 aromatic carbocycles. The average molecular weight is 278 g/mol. The lowest BCUT2D eigenvalue weighted by Gasteiger charge is -2.32. The van der Waals surface area contributed by atoms with E-state index in [2.05, 4.69) is 4.98 Å². The largest absolute Gasteiger partial charge is 0.385 e. The first-order chi connectivity index (χ1) is 9.60. The number of nitrogens with one attached hydrogen (secondary N) is 1. The number of carbonyl (C=O) groups excluding carboxylic acids is 1. The van der Waals surface area contributed by atoms with Crippen molar-refractivity contribution in [1.29, 1.82) is 0 Å². The fourth-order valence-electron chi connectivity index (χ4n) is 2.74. The Balaban J connectivity index is 2.06. The summed E-state index contributed by atoms with van der Waals surface area (Å²) in [6.07, 6.45) is 3.12. The minimum atomic E-state index is -0.127. The van der Waals surface area contributed by atoms with Crippen LogP contribution in [-0.2, 0) is 4.74 Å². The topological polar surface area (TPSA) is 62.4 Å². The zero-order valence-corrected chi connectivity index (χ0v) is 12.1. The molecule has 1 aromatic heterocycles. The molecule has 1 amide bonds. The van der Waals surface area contributed by atoms with Gasteiger partial charge in [0.2, 0.25) is 0 Å². The molecule has 5 heteroatoms. The van der Waals surface area contributed by atoms with Crippen LogP contribution in [0.4, 0.5) is 0 Å². The predicted molar refractivity (Wildman–Crippen MR) is 76.9 cm³/mol. The molecule has 0 aliphatic carbocycles. The highest BCUT2D eigenvalue weighted by Gasteiger charge is 2.24. The van der Waals surface area contributed by atoms with Crippen molar-refractivity contribution in [2.45, 2.75) is 26.2 Å². The summed E-state index contributed by atoms with van der Waals surface area (Å²) in [7, 11) is 1.70. The predicted octanol–water partition coefficient (Wildman–Crippen LogP) is 1.57. The molecule has 1 saturated heterocycles. The van der Waals surface area contributed by atoms with E-state index < -0.39 is 0 Å². The Hall–Kier alpha value is -1.62. The smallest absolute Gasteiger partial charge is 0.270 e. The molecule has 0 spiro atoms. The zero-order valence-electron chi connectivity index (χ0n) is 12.1. The maximum absolute atomic E-state index is 12.4. The zero-order chi connectivity index (χ0) is 14.5. The molecule has 1 aromatic rings. The maximum Gasteiger partial charge on any atom is 0.270 e. The summed E-state index contributed by atoms with van der Waals surface area (Å²) in [6.45, 7) is 4.03. The number of nitrogens with zero attached hydrogens (tertiary/aromatic N) is 1. The number of hydrogen-bond acceptors (Lipinski definition) is 3. The van der Waals surface area contributed by atoms with Gasteiger partial charge in [0.05, 0.1) is 0 Å². The number of H-pyrrole nitrogens is 1. The highest BCUT2D eigenvalue weighted by molar-refractivity contribution is 5.92. The molecule has 2 rings (SSSR count). The first-order valence-electron chi connectivity index (χ1n) is 7.09. The number of amides is 1. The number of aryl methyl sites for hydroxylation is 1. The fourth-order valence-corrected chi connectivity index (χ4v) is 2.74. The van der Waals surface area contributed by atoms with Crippen molar-refractivity contribution in [2.75, 3.05) is 26.8 Å². The van der Waals surface area contributed by atoms with Crippen molar-refractivity contribution in [3.8, 4) is 0 Å². The third-order valence-electron chi connectivity index (χ3n) is 3.74. The van der Waals surface area contributed by atoms with Crippen LogP contribution < -0.4 is 5.43 Å². The van der Waals surface area contributed by atoms with Crippen LogP contribution in [0.2, 0.25) is 0 Å². The minimum Gasteiger partial charge on any atom is -0.385 e. The molecule has 1 N–H and O–H groups in total. The van der Waals surface area contributed by atoms with E-state index in [0.717, 1.165) is 39.0 Å². The van der Waals surface area contributed by atoms with E-state index >= 15 is 0 Å². The summed E-state index contributed by atoms with van der Waals surface area (Å²) in [6, 6.07) is 2.88. The number of aromatic nitrogens is 1. The normalized spacial score (nSPS) is 19.1. The molecule has 0 bridgehead atoms. The second-order valence-corrected chi connectivity index (χ2v) is 5.45. The second kappa shape index (κ2) is 6.70. The molecule has 0 saturated carbocycles. The van der Waals surface area contributed by atoms with Crippen LogP contribution in [0.3, 0.4) is 0 Å². The van der Waals surface area contributed by atoms with Crippen molar-refractivity contribution < 1.29 is 9.53 Å². The van der Waals surface area contributed by atoms with E-state index in [1.54, 1.807) is 14.0 Å². The van der Waals surface area contributed by atoms with Gasteiger partial charge in [-0.05, 0) is 32.1 Å². The van der Waals surface area contributed by atoms with Crippen molar-refractivity contribution >= 4 is 5.91 Å². The van der Waals surface area contributed by atoms with Crippen LogP contribution in [0, 0.1) is 12.8 Å². The van der Waals surface area contributed by atoms with E-state index in [1.807, 2.05) is 4.90 Å². The number of aromatic amines is 1. The molecule has 0 unspecified atom stereocenters. The van der Waals surface area contributed by atoms with Gasteiger partial charge in [-0.2, -0.15) is 0 Å². The van der Waals surface area contributed by atoms with Crippen molar-refractivity contribution in [1.82, 2.24) is 9.88 Å². The number of methoxy groups -OCH3 is 1. The monoisotopic (exact) mass is 278 g/mol. The molecule has 0 radical (unpaired) electrons. The minimum absolute atomic E-state index is 0.0760. The fraction of sp³-hybridized carbons (Fsp3) is 0.600. The van der Waals surface area contributed by atoms with E-state index in [1.165, 1.54) is 12.1 Å². The van der Waals surface area contributed by atoms with Crippen LogP contribution in [0.1, 0.15) is 35.4 Å². The van der Waals surface area contributed by atoms with Gasteiger partial charge in [0, 0.05) is 44.6 Å². The summed E-state index contributed by atoms with van der Waals surface area (Å²) < 4.78 is 5.11. The number of ether oxygens (including phenoxy) is 1. The molecule has 1 atom stereocenters. The van der Waals surface area contributed by atoms with Crippen LogP contribution >= 0.6 is 0 Å². The lowest BCUT2D eigenvalue weighted by atomic mass is 9.95. The van der Waals surface area contributed by atoms with E-state index in [4.69, 9.17) is 4.74 Å². The van der Waals surface area contributed by atoms with Crippen molar-refractivity contribution in [3.05, 3.63) is 33.7 Å². The van der Waals surface area contributed by atoms with Gasteiger partial charge in [-0.3, -0.25) is 9.59 Å². The van der Waals surface area contributed by atoms with Crippen LogP contribution in [-0.4, -0.2) is 42.6 Å². The number of likely N-dealkylation sites (tertiary alicyclic amines) is 1. The summed E-state index contributed by atoms with van der Waals surface area (Å²) in [5.74, 6) is 0.414. The molecule has 20 heavy (non-hydrogen) atoms. The standard InChI is InChI=1S/C15H22N2O3/c1-11-8-13(18)9-14(16-11)15(19)17-6-3-4-12(10-17)5-7-20-2/h8-9,12H,3-7,10H2,1-2H3,(H,16,18)/t12-/m1/s1. The van der Waals surface area contributed by atoms with E-state index in [-0.39, 0.29) is 11.3 Å². The van der Waals surface area contributed by atoms with Gasteiger partial charge in [-0.1, -0.05) is 0 Å². The second-order valence-electron chi connectivity index (χ2n) is 5.45. The Morgan fingerprint density at radius 1 is 1.50 bits per heavy atom. The summed E-state index contributed by atoms with van der Waals surface area (Å²) in [4.78, 5) is 28.8. The van der Waals surface area contributed by atoms with Gasteiger partial charge in [0.1, 0.15) is 5.69 Å². The summed E-state index contributed by atoms with van der Waals surface area (Å²) >= 11 is 0. The molecular weight excluding hydrogens is 256 g/mol. The third-order valence-corrected chi connectivity index (χ3v) is 3.74. The summed E-state index contributed by atoms with van der Waals surface area (Å²) in [5, 5.41) is 0. The number of hydrogen-bond donors (Lipinski definition) is 1. The Bertz CT molecular complexity index is 524. The Labute approximate surface area is 118 Å². The third kappa shape index (κ3) is 3.70. The van der Waals surface area contributed by atoms with Crippen LogP contribution in [0.5, 0.6) is 0 Å². The van der Waals surface area contributed by atoms with Crippen molar-refractivity contribution in [3.63, 3.8) is 0 Å². The molecule has 1 aliphatic heterocycles. The average Bonchev–Trinajstić information content (AvgIpc) is 2.43. The Kier molecular flexibility index (Phi) is 4.95. The Morgan fingerprint density at radius 2 is 2.30 bits per heavy atom. The van der Waals surface area contributed by atoms with E-state index in [0.29, 0.717) is 17.3 Å². The van der Waals surface area contributed by atoms with Gasteiger partial charge in [-0.15, -0.1) is 0 Å². The summed E-state index contributed by atoms with van der Waals surface area (Å²) in [5.41, 5.74) is 0.980. The van der Waals surface area contributed by atoms with Gasteiger partial charge in [0.25, 0.3) is 5.91 Å². The first-order valence-corrected chi connectivity index (χ1v) is 7.09. The molecule has 110 valence electrons. The molecular formula is C15H22N2O3. The van der Waals surface area contributed by atoms with Gasteiger partial charge in [-0.25, -0.2) is 0 Å². The number of piperidine rings is 1. The number of pyridine rings is 1. The lowest BCUT2D eigenvalue weighted by Crippen LogP contribution is -2.40. The maximum atomic E-state index is 12.4. The number of rotatable bonds is 4. The highest BCUT2D eigenvalue weighted by Crippen LogP contribution is 2.20. The molecule has 2 heterocycles. The molecule has 1 aliphatic rings. The highest BCUT2D eigenvalue weighted by atomic mass is 16.5. The lowest BCUT2D eigenvalue weighted by molar-refractivity contribution is 0.0636. The number of carbonyl (C=O) groups is 1. The molecule has 1 fully saturated rings. The van der Waals surface area contributed by atoms with Crippen LogP contribution in [0.15, 0.2) is 16.9 Å². The SMILES string of the molecule is COCC[C@H]1CCCN(C(=O)c2cc(=O)cc(C)[nH]2)C1. The Morgan fingerprint density at radius 3 is 3.00 bits per heavy atom. The van der Waals surface area contributed by atoms with Gasteiger partial charge >= 0.3 is 0 Å². The van der Waals surface area contributed by atoms with Gasteiger partial charge in [0.15, 0.2) is 5.43 Å². The quantitative estimate of drug-likeness (QED) is 0.909. The molecule has 5 nitrogen and oxygen atoms in total. The van der Waals surface area contributed by atoms with Crippen molar-refractivity contribution in [2.24, 2.45) is 5.92 Å².